The number of rotatable bonds is 5. The molecule has 0 spiro atoms. The first-order chi connectivity index (χ1) is 5.06. The Morgan fingerprint density at radius 3 is 2.64 bits per heavy atom. The Morgan fingerprint density at radius 2 is 2.18 bits per heavy atom. The smallest absolute Gasteiger partial charge is 0.264 e. The summed E-state index contributed by atoms with van der Waals surface area (Å²) in [6.45, 7) is 3.66. The molecule has 0 saturated carbocycles. The van der Waals surface area contributed by atoms with E-state index in [9.17, 15) is 8.42 Å². The summed E-state index contributed by atoms with van der Waals surface area (Å²) in [5.41, 5.74) is 0. The van der Waals surface area contributed by atoms with Crippen molar-refractivity contribution >= 4 is 10.1 Å². The van der Waals surface area contributed by atoms with Gasteiger partial charge in [-0.25, -0.2) is 0 Å². The standard InChI is InChI=1S/C7H12O3S/c1-3-4-5-6-7-10-11(2,8)9/h3-5H,1,6-7H2,2H3. The Labute approximate surface area is 67.5 Å². The van der Waals surface area contributed by atoms with Crippen molar-refractivity contribution in [3.63, 3.8) is 0 Å². The van der Waals surface area contributed by atoms with Gasteiger partial charge in [0, 0.05) is 0 Å². The van der Waals surface area contributed by atoms with Crippen molar-refractivity contribution in [2.75, 3.05) is 12.9 Å². The van der Waals surface area contributed by atoms with Crippen LogP contribution >= 0.6 is 0 Å². The van der Waals surface area contributed by atoms with Crippen LogP contribution in [0.1, 0.15) is 6.42 Å². The molecule has 64 valence electrons. The highest BCUT2D eigenvalue weighted by molar-refractivity contribution is 7.85. The Bertz CT molecular complexity index is 226. The highest BCUT2D eigenvalue weighted by Crippen LogP contribution is 1.90. The minimum atomic E-state index is -3.27. The van der Waals surface area contributed by atoms with E-state index in [0.717, 1.165) is 6.26 Å². The Kier molecular flexibility index (Phi) is 4.81. The number of hydrogen-bond donors (Lipinski definition) is 0. The van der Waals surface area contributed by atoms with Crippen LogP contribution in [-0.2, 0) is 14.3 Å². The van der Waals surface area contributed by atoms with Gasteiger partial charge < -0.3 is 0 Å². The van der Waals surface area contributed by atoms with Crippen LogP contribution in [0.2, 0.25) is 0 Å². The summed E-state index contributed by atoms with van der Waals surface area (Å²) >= 11 is 0. The van der Waals surface area contributed by atoms with Crippen molar-refractivity contribution in [2.24, 2.45) is 0 Å². The van der Waals surface area contributed by atoms with Crippen molar-refractivity contribution in [3.05, 3.63) is 24.8 Å². The number of hydrogen-bond acceptors (Lipinski definition) is 3. The number of allylic oxidation sites excluding steroid dienone is 2. The fourth-order valence-corrected chi connectivity index (χ4v) is 0.859. The van der Waals surface area contributed by atoms with Crippen LogP contribution in [0.4, 0.5) is 0 Å². The lowest BCUT2D eigenvalue weighted by Gasteiger charge is -1.95. The molecule has 0 rings (SSSR count). The lowest BCUT2D eigenvalue weighted by Crippen LogP contribution is -2.02. The maximum Gasteiger partial charge on any atom is 0.264 e. The summed E-state index contributed by atoms with van der Waals surface area (Å²) < 4.78 is 25.3. The summed E-state index contributed by atoms with van der Waals surface area (Å²) in [6.07, 6.45) is 6.77. The molecule has 0 aliphatic carbocycles. The van der Waals surface area contributed by atoms with Crippen LogP contribution in [0.25, 0.3) is 0 Å². The van der Waals surface area contributed by atoms with Crippen LogP contribution in [0, 0.1) is 0 Å². The molecule has 0 amide bonds. The van der Waals surface area contributed by atoms with Gasteiger partial charge in [0.15, 0.2) is 0 Å². The fraction of sp³-hybridized carbons (Fsp3) is 0.429. The van der Waals surface area contributed by atoms with Crippen molar-refractivity contribution in [2.45, 2.75) is 6.42 Å². The second-order valence-electron chi connectivity index (χ2n) is 1.98. The van der Waals surface area contributed by atoms with Gasteiger partial charge in [0.25, 0.3) is 10.1 Å². The van der Waals surface area contributed by atoms with E-state index in [1.54, 1.807) is 18.2 Å². The van der Waals surface area contributed by atoms with Gasteiger partial charge in [-0.2, -0.15) is 8.42 Å². The molecule has 3 nitrogen and oxygen atoms in total. The van der Waals surface area contributed by atoms with Crippen molar-refractivity contribution < 1.29 is 12.6 Å². The zero-order valence-electron chi connectivity index (χ0n) is 6.49. The minimum absolute atomic E-state index is 0.198. The van der Waals surface area contributed by atoms with Crippen molar-refractivity contribution in [3.8, 4) is 0 Å². The molecule has 0 aromatic carbocycles. The highest BCUT2D eigenvalue weighted by Gasteiger charge is 1.97. The fourth-order valence-electron chi connectivity index (χ4n) is 0.460. The first kappa shape index (κ1) is 10.4. The quantitative estimate of drug-likeness (QED) is 0.358. The van der Waals surface area contributed by atoms with Gasteiger partial charge in [-0.1, -0.05) is 24.8 Å². The van der Waals surface area contributed by atoms with E-state index in [1.807, 2.05) is 0 Å². The van der Waals surface area contributed by atoms with E-state index in [4.69, 9.17) is 0 Å². The third-order valence-electron chi connectivity index (χ3n) is 0.854. The zero-order valence-corrected chi connectivity index (χ0v) is 7.30. The van der Waals surface area contributed by atoms with Gasteiger partial charge in [-0.3, -0.25) is 4.18 Å². The summed E-state index contributed by atoms with van der Waals surface area (Å²) in [7, 11) is -3.27. The molecule has 0 aromatic rings. The molecule has 0 heterocycles. The van der Waals surface area contributed by atoms with Gasteiger partial charge in [0.2, 0.25) is 0 Å². The van der Waals surface area contributed by atoms with E-state index < -0.39 is 10.1 Å². The van der Waals surface area contributed by atoms with Gasteiger partial charge in [-0.05, 0) is 6.42 Å². The molecule has 0 atom stereocenters. The van der Waals surface area contributed by atoms with Crippen molar-refractivity contribution in [1.82, 2.24) is 0 Å². The van der Waals surface area contributed by atoms with Crippen molar-refractivity contribution in [1.29, 1.82) is 0 Å². The average Bonchev–Trinajstić information content (AvgIpc) is 1.85. The predicted molar refractivity (Wildman–Crippen MR) is 44.7 cm³/mol. The summed E-state index contributed by atoms with van der Waals surface area (Å²) in [4.78, 5) is 0. The second-order valence-corrected chi connectivity index (χ2v) is 3.62. The molecule has 0 bridgehead atoms. The first-order valence-electron chi connectivity index (χ1n) is 3.18. The lowest BCUT2D eigenvalue weighted by molar-refractivity contribution is 0.328. The van der Waals surface area contributed by atoms with Gasteiger partial charge in [-0.15, -0.1) is 0 Å². The molecule has 4 heteroatoms. The maximum absolute atomic E-state index is 10.4. The molecule has 11 heavy (non-hydrogen) atoms. The average molecular weight is 176 g/mol. The van der Waals surface area contributed by atoms with Gasteiger partial charge in [0.1, 0.15) is 0 Å². The topological polar surface area (TPSA) is 43.4 Å². The van der Waals surface area contributed by atoms with Gasteiger partial charge >= 0.3 is 0 Å². The molecule has 0 aliphatic heterocycles. The second kappa shape index (κ2) is 5.09. The maximum atomic E-state index is 10.4. The van der Waals surface area contributed by atoms with E-state index in [1.165, 1.54) is 0 Å². The van der Waals surface area contributed by atoms with Crippen LogP contribution in [0.15, 0.2) is 24.8 Å². The van der Waals surface area contributed by atoms with E-state index in [-0.39, 0.29) is 6.61 Å². The third-order valence-corrected chi connectivity index (χ3v) is 1.45. The zero-order chi connectivity index (χ0) is 8.74. The molecular weight excluding hydrogens is 164 g/mol. The molecule has 0 aliphatic rings. The lowest BCUT2D eigenvalue weighted by atomic mass is 10.4. The largest absolute Gasteiger partial charge is 0.270 e. The SMILES string of the molecule is C=CC=CCCOS(C)(=O)=O. The predicted octanol–water partition coefficient (Wildman–Crippen LogP) is 1.09. The molecule has 0 aromatic heterocycles. The first-order valence-corrected chi connectivity index (χ1v) is 5.00. The summed E-state index contributed by atoms with van der Waals surface area (Å²) in [5.74, 6) is 0. The van der Waals surface area contributed by atoms with Crippen LogP contribution in [-0.4, -0.2) is 21.3 Å². The minimum Gasteiger partial charge on any atom is -0.270 e. The Balaban J connectivity index is 3.44. The van der Waals surface area contributed by atoms with Gasteiger partial charge in [0.05, 0.1) is 12.9 Å². The monoisotopic (exact) mass is 176 g/mol. The van der Waals surface area contributed by atoms with E-state index >= 15 is 0 Å². The molecule has 0 saturated heterocycles. The molecule has 0 N–H and O–H groups in total. The normalized spacial score (nSPS) is 12.1. The van der Waals surface area contributed by atoms with Crippen LogP contribution in [0.5, 0.6) is 0 Å². The summed E-state index contributed by atoms with van der Waals surface area (Å²) in [6, 6.07) is 0. The van der Waals surface area contributed by atoms with Crippen LogP contribution in [0.3, 0.4) is 0 Å². The Morgan fingerprint density at radius 1 is 1.55 bits per heavy atom. The molecule has 0 unspecified atom stereocenters. The van der Waals surface area contributed by atoms with Crippen LogP contribution < -0.4 is 0 Å². The molecular formula is C7H12O3S. The Hall–Kier alpha value is -0.610. The van der Waals surface area contributed by atoms with E-state index in [0.29, 0.717) is 6.42 Å². The third kappa shape index (κ3) is 9.39. The van der Waals surface area contributed by atoms with E-state index in [2.05, 4.69) is 10.8 Å². The molecule has 0 fully saturated rings. The summed E-state index contributed by atoms with van der Waals surface area (Å²) in [5, 5.41) is 0. The molecule has 0 radical (unpaired) electrons. The highest BCUT2D eigenvalue weighted by atomic mass is 32.2.